The molecule has 0 bridgehead atoms. The average molecular weight is 357 g/mol. The molecule has 3 heterocycles. The van der Waals surface area contributed by atoms with Gasteiger partial charge >= 0.3 is 0 Å². The van der Waals surface area contributed by atoms with Gasteiger partial charge in [-0.25, -0.2) is 9.97 Å². The molecule has 0 spiro atoms. The molecule has 0 amide bonds. The number of pyridine rings is 1. The monoisotopic (exact) mass is 357 g/mol. The summed E-state index contributed by atoms with van der Waals surface area (Å²) in [5.41, 5.74) is 2.61. The molecule has 0 unspecified atom stereocenters. The highest BCUT2D eigenvalue weighted by Crippen LogP contribution is 2.19. The second-order valence-electron chi connectivity index (χ2n) is 6.02. The van der Waals surface area contributed by atoms with E-state index in [0.717, 1.165) is 29.4 Å². The van der Waals surface area contributed by atoms with Crippen LogP contribution in [-0.2, 0) is 16.8 Å². The first-order valence-electron chi connectivity index (χ1n) is 8.26. The molecule has 2 aromatic heterocycles. The molecule has 4 rings (SSSR count). The Balaban J connectivity index is 1.63. The summed E-state index contributed by atoms with van der Waals surface area (Å²) in [6.07, 6.45) is 5.24. The number of nitrogens with zero attached hydrogens (tertiary/aromatic N) is 4. The van der Waals surface area contributed by atoms with E-state index >= 15 is 0 Å². The highest BCUT2D eigenvalue weighted by molar-refractivity contribution is 7.87. The topological polar surface area (TPSA) is 80.1 Å². The lowest BCUT2D eigenvalue weighted by Crippen LogP contribution is -2.38. The van der Waals surface area contributed by atoms with Crippen LogP contribution in [0.3, 0.4) is 0 Å². The van der Waals surface area contributed by atoms with E-state index in [-0.39, 0.29) is 6.54 Å². The Morgan fingerprint density at radius 3 is 2.68 bits per heavy atom. The maximum atomic E-state index is 12.4. The zero-order valence-electron chi connectivity index (χ0n) is 13.7. The molecule has 0 aliphatic carbocycles. The van der Waals surface area contributed by atoms with Crippen molar-refractivity contribution in [3.05, 3.63) is 54.5 Å². The van der Waals surface area contributed by atoms with Crippen LogP contribution < -0.4 is 4.72 Å². The highest BCUT2D eigenvalue weighted by Gasteiger charge is 2.25. The smallest absolute Gasteiger partial charge is 0.279 e. The number of para-hydroxylation sites is 2. The van der Waals surface area contributed by atoms with Crippen molar-refractivity contribution in [2.45, 2.75) is 19.4 Å². The first kappa shape index (κ1) is 16.2. The Kier molecular flexibility index (Phi) is 4.24. The zero-order valence-corrected chi connectivity index (χ0v) is 14.5. The van der Waals surface area contributed by atoms with Crippen molar-refractivity contribution in [1.82, 2.24) is 23.6 Å². The van der Waals surface area contributed by atoms with Crippen LogP contribution in [0.2, 0.25) is 0 Å². The second kappa shape index (κ2) is 6.55. The number of rotatable bonds is 5. The lowest BCUT2D eigenvalue weighted by atomic mass is 10.2. The van der Waals surface area contributed by atoms with Crippen molar-refractivity contribution in [2.75, 3.05) is 13.1 Å². The van der Waals surface area contributed by atoms with Gasteiger partial charge in [-0.2, -0.15) is 17.4 Å². The normalized spacial score (nSPS) is 15.8. The summed E-state index contributed by atoms with van der Waals surface area (Å²) in [5, 5.41) is 0. The molecule has 1 N–H and O–H groups in total. The van der Waals surface area contributed by atoms with Crippen LogP contribution in [0.1, 0.15) is 18.4 Å². The molecule has 8 heteroatoms. The Morgan fingerprint density at radius 2 is 1.84 bits per heavy atom. The summed E-state index contributed by atoms with van der Waals surface area (Å²) in [6.45, 7) is 1.36. The highest BCUT2D eigenvalue weighted by atomic mass is 32.2. The number of hydrogen-bond acceptors (Lipinski definition) is 4. The van der Waals surface area contributed by atoms with Gasteiger partial charge in [0, 0.05) is 31.4 Å². The third-order valence-electron chi connectivity index (χ3n) is 4.40. The molecule has 1 saturated heterocycles. The van der Waals surface area contributed by atoms with Gasteiger partial charge in [-0.15, -0.1) is 0 Å². The van der Waals surface area contributed by atoms with Gasteiger partial charge in [0.25, 0.3) is 10.2 Å². The van der Waals surface area contributed by atoms with Crippen molar-refractivity contribution in [2.24, 2.45) is 0 Å². The van der Waals surface area contributed by atoms with E-state index in [1.807, 2.05) is 41.0 Å². The molecule has 130 valence electrons. The van der Waals surface area contributed by atoms with Gasteiger partial charge in [-0.1, -0.05) is 18.2 Å². The summed E-state index contributed by atoms with van der Waals surface area (Å²) >= 11 is 0. The number of nitrogens with one attached hydrogen (secondary N) is 1. The number of aromatic nitrogens is 3. The minimum atomic E-state index is -3.46. The molecule has 1 aliphatic rings. The first-order chi connectivity index (χ1) is 12.1. The summed E-state index contributed by atoms with van der Waals surface area (Å²) in [6, 6.07) is 11.5. The second-order valence-corrected chi connectivity index (χ2v) is 7.78. The molecular formula is C17H19N5O2S. The SMILES string of the molecule is O=S(=O)(NCc1cccnc1-n1cnc2ccccc21)N1CCCC1. The van der Waals surface area contributed by atoms with Gasteiger partial charge in [0.05, 0.1) is 11.0 Å². The standard InChI is InChI=1S/C17H19N5O2S/c23-25(24,21-10-3-4-11-21)20-12-14-6-5-9-18-17(14)22-13-19-15-7-1-2-8-16(15)22/h1-2,5-9,13,20H,3-4,10-12H2. The largest absolute Gasteiger partial charge is 0.283 e. The van der Waals surface area contributed by atoms with Crippen LogP contribution in [0, 0.1) is 0 Å². The quantitative estimate of drug-likeness (QED) is 0.756. The number of imidazole rings is 1. The van der Waals surface area contributed by atoms with Gasteiger partial charge in [-0.3, -0.25) is 4.57 Å². The molecule has 1 fully saturated rings. The maximum absolute atomic E-state index is 12.4. The van der Waals surface area contributed by atoms with E-state index in [1.54, 1.807) is 12.5 Å². The van der Waals surface area contributed by atoms with E-state index in [0.29, 0.717) is 18.9 Å². The van der Waals surface area contributed by atoms with Crippen molar-refractivity contribution in [3.63, 3.8) is 0 Å². The molecule has 3 aromatic rings. The Morgan fingerprint density at radius 1 is 1.04 bits per heavy atom. The molecule has 1 aliphatic heterocycles. The number of fused-ring (bicyclic) bond motifs is 1. The van der Waals surface area contributed by atoms with E-state index in [1.165, 1.54) is 4.31 Å². The Labute approximate surface area is 146 Å². The first-order valence-corrected chi connectivity index (χ1v) is 9.70. The fraction of sp³-hybridized carbons (Fsp3) is 0.294. The summed E-state index contributed by atoms with van der Waals surface area (Å²) in [4.78, 5) is 8.83. The van der Waals surface area contributed by atoms with Crippen LogP contribution in [0.25, 0.3) is 16.9 Å². The number of benzene rings is 1. The maximum Gasteiger partial charge on any atom is 0.279 e. The summed E-state index contributed by atoms with van der Waals surface area (Å²) < 4.78 is 30.9. The average Bonchev–Trinajstić information content (AvgIpc) is 3.30. The van der Waals surface area contributed by atoms with Crippen LogP contribution in [-0.4, -0.2) is 40.3 Å². The minimum Gasteiger partial charge on any atom is -0.283 e. The van der Waals surface area contributed by atoms with Gasteiger partial charge in [0.1, 0.15) is 12.1 Å². The zero-order chi connectivity index (χ0) is 17.3. The third-order valence-corrected chi connectivity index (χ3v) is 5.95. The molecule has 25 heavy (non-hydrogen) atoms. The van der Waals surface area contributed by atoms with Gasteiger partial charge in [0.15, 0.2) is 0 Å². The van der Waals surface area contributed by atoms with Crippen molar-refractivity contribution < 1.29 is 8.42 Å². The lowest BCUT2D eigenvalue weighted by molar-refractivity contribution is 0.464. The van der Waals surface area contributed by atoms with Crippen LogP contribution in [0.4, 0.5) is 0 Å². The predicted octanol–water partition coefficient (Wildman–Crippen LogP) is 1.85. The van der Waals surface area contributed by atoms with Crippen molar-refractivity contribution in [1.29, 1.82) is 0 Å². The predicted molar refractivity (Wildman–Crippen MR) is 95.4 cm³/mol. The fourth-order valence-corrected chi connectivity index (χ4v) is 4.36. The fourth-order valence-electron chi connectivity index (χ4n) is 3.10. The Bertz CT molecular complexity index is 993. The van der Waals surface area contributed by atoms with E-state index < -0.39 is 10.2 Å². The van der Waals surface area contributed by atoms with Crippen molar-refractivity contribution >= 4 is 21.2 Å². The third kappa shape index (κ3) is 3.15. The molecule has 7 nitrogen and oxygen atoms in total. The van der Waals surface area contributed by atoms with E-state index in [2.05, 4.69) is 14.7 Å². The molecular weight excluding hydrogens is 338 g/mol. The van der Waals surface area contributed by atoms with Crippen LogP contribution in [0.5, 0.6) is 0 Å². The lowest BCUT2D eigenvalue weighted by Gasteiger charge is -2.17. The molecule has 0 saturated carbocycles. The van der Waals surface area contributed by atoms with E-state index in [9.17, 15) is 8.42 Å². The van der Waals surface area contributed by atoms with Crippen LogP contribution in [0.15, 0.2) is 48.9 Å². The molecule has 0 radical (unpaired) electrons. The van der Waals surface area contributed by atoms with E-state index in [4.69, 9.17) is 0 Å². The molecule has 1 aromatic carbocycles. The Hall–Kier alpha value is -2.29. The van der Waals surface area contributed by atoms with Gasteiger partial charge in [0.2, 0.25) is 0 Å². The van der Waals surface area contributed by atoms with Crippen molar-refractivity contribution in [3.8, 4) is 5.82 Å². The summed E-state index contributed by atoms with van der Waals surface area (Å²) in [5.74, 6) is 0.681. The van der Waals surface area contributed by atoms with Gasteiger partial charge < -0.3 is 0 Å². The molecule has 0 atom stereocenters. The van der Waals surface area contributed by atoms with Gasteiger partial charge in [-0.05, 0) is 31.0 Å². The summed E-state index contributed by atoms with van der Waals surface area (Å²) in [7, 11) is -3.46. The number of hydrogen-bond donors (Lipinski definition) is 1. The minimum absolute atomic E-state index is 0.189. The van der Waals surface area contributed by atoms with Crippen LogP contribution >= 0.6 is 0 Å².